The zero-order chi connectivity index (χ0) is 20.3. The van der Waals surface area contributed by atoms with Gasteiger partial charge in [-0.2, -0.15) is 4.31 Å². The Labute approximate surface area is 165 Å². The summed E-state index contributed by atoms with van der Waals surface area (Å²) in [6.45, 7) is 0.569. The van der Waals surface area contributed by atoms with Crippen LogP contribution in [0.2, 0.25) is 0 Å². The van der Waals surface area contributed by atoms with E-state index in [4.69, 9.17) is 9.47 Å². The lowest BCUT2D eigenvalue weighted by molar-refractivity contribution is -0.385. The summed E-state index contributed by atoms with van der Waals surface area (Å²) in [7, 11) is -2.36. The lowest BCUT2D eigenvalue weighted by atomic mass is 10.2. The predicted octanol–water partition coefficient (Wildman–Crippen LogP) is 2.81. The van der Waals surface area contributed by atoms with Crippen molar-refractivity contribution in [3.8, 4) is 5.75 Å². The number of sulfonamides is 1. The van der Waals surface area contributed by atoms with Crippen LogP contribution in [0.1, 0.15) is 28.1 Å². The summed E-state index contributed by atoms with van der Waals surface area (Å²) >= 11 is 0.977. The largest absolute Gasteiger partial charge is 0.496 e. The van der Waals surface area contributed by atoms with E-state index in [0.717, 1.165) is 24.2 Å². The van der Waals surface area contributed by atoms with Gasteiger partial charge in [-0.05, 0) is 30.4 Å². The number of non-ortho nitro benzene ring substituents is 1. The molecular formula is C17H18N2O7S2. The third kappa shape index (κ3) is 4.01. The van der Waals surface area contributed by atoms with Gasteiger partial charge in [0.25, 0.3) is 5.69 Å². The summed E-state index contributed by atoms with van der Waals surface area (Å²) in [5.74, 6) is -0.476. The van der Waals surface area contributed by atoms with Gasteiger partial charge in [-0.15, -0.1) is 11.3 Å². The van der Waals surface area contributed by atoms with Crippen molar-refractivity contribution in [3.05, 3.63) is 50.2 Å². The van der Waals surface area contributed by atoms with E-state index in [0.29, 0.717) is 24.4 Å². The Bertz CT molecular complexity index is 995. The average Bonchev–Trinajstić information content (AvgIpc) is 3.38. The molecule has 9 nitrogen and oxygen atoms in total. The molecule has 150 valence electrons. The standard InChI is InChI=1S/C17H18N2O7S2/c1-25-14-5-4-13(19(21)22)10-12(14)11-26-17(20)16-15(6-9-27-16)28(23,24)18-7-2-3-8-18/h4-6,9-10H,2-3,7-8,11H2,1H3. The number of nitrogens with zero attached hydrogens (tertiary/aromatic N) is 2. The van der Waals surface area contributed by atoms with Gasteiger partial charge < -0.3 is 9.47 Å². The minimum Gasteiger partial charge on any atom is -0.496 e. The highest BCUT2D eigenvalue weighted by atomic mass is 32.2. The molecule has 1 aromatic carbocycles. The van der Waals surface area contributed by atoms with E-state index < -0.39 is 20.9 Å². The monoisotopic (exact) mass is 426 g/mol. The Morgan fingerprint density at radius 3 is 2.64 bits per heavy atom. The molecule has 0 bridgehead atoms. The molecular weight excluding hydrogens is 408 g/mol. The normalized spacial score (nSPS) is 14.8. The van der Waals surface area contributed by atoms with Crippen molar-refractivity contribution in [2.24, 2.45) is 0 Å². The number of nitro groups is 1. The Hall–Kier alpha value is -2.50. The number of hydrogen-bond donors (Lipinski definition) is 0. The van der Waals surface area contributed by atoms with Crippen molar-refractivity contribution in [2.75, 3.05) is 20.2 Å². The molecule has 0 spiro atoms. The van der Waals surface area contributed by atoms with E-state index in [1.54, 1.807) is 0 Å². The smallest absolute Gasteiger partial charge is 0.350 e. The second-order valence-corrected chi connectivity index (χ2v) is 8.88. The number of methoxy groups -OCH3 is 1. The maximum Gasteiger partial charge on any atom is 0.350 e. The summed E-state index contributed by atoms with van der Waals surface area (Å²) in [5, 5.41) is 12.5. The first-order valence-electron chi connectivity index (χ1n) is 8.40. The summed E-state index contributed by atoms with van der Waals surface area (Å²) < 4.78 is 37.2. The Morgan fingerprint density at radius 2 is 2.00 bits per heavy atom. The lowest BCUT2D eigenvalue weighted by Gasteiger charge is -2.15. The number of carbonyl (C=O) groups excluding carboxylic acids is 1. The van der Waals surface area contributed by atoms with Crippen LogP contribution in [-0.2, 0) is 21.4 Å². The van der Waals surface area contributed by atoms with Crippen LogP contribution in [-0.4, -0.2) is 43.8 Å². The molecule has 1 aliphatic heterocycles. The minimum absolute atomic E-state index is 0.0173. The van der Waals surface area contributed by atoms with Gasteiger partial charge in [0.05, 0.1) is 12.0 Å². The molecule has 0 radical (unpaired) electrons. The van der Waals surface area contributed by atoms with Gasteiger partial charge in [0, 0.05) is 30.8 Å². The topological polar surface area (TPSA) is 116 Å². The van der Waals surface area contributed by atoms with Gasteiger partial charge in [-0.3, -0.25) is 10.1 Å². The van der Waals surface area contributed by atoms with Gasteiger partial charge in [0.1, 0.15) is 22.1 Å². The second kappa shape index (κ2) is 8.25. The highest BCUT2D eigenvalue weighted by Crippen LogP contribution is 2.29. The molecule has 1 fully saturated rings. The van der Waals surface area contributed by atoms with Crippen LogP contribution >= 0.6 is 11.3 Å². The van der Waals surface area contributed by atoms with E-state index in [2.05, 4.69) is 0 Å². The summed E-state index contributed by atoms with van der Waals surface area (Å²) in [5.41, 5.74) is 0.144. The fraction of sp³-hybridized carbons (Fsp3) is 0.353. The van der Waals surface area contributed by atoms with Gasteiger partial charge in [0.2, 0.25) is 10.0 Å². The quantitative estimate of drug-likeness (QED) is 0.380. The van der Waals surface area contributed by atoms with Gasteiger partial charge in [-0.1, -0.05) is 0 Å². The molecule has 28 heavy (non-hydrogen) atoms. The predicted molar refractivity (Wildman–Crippen MR) is 101 cm³/mol. The molecule has 2 heterocycles. The summed E-state index contributed by atoms with van der Waals surface area (Å²) in [6, 6.07) is 5.34. The average molecular weight is 426 g/mol. The van der Waals surface area contributed by atoms with Crippen molar-refractivity contribution >= 4 is 33.0 Å². The first kappa shape index (κ1) is 20.2. The van der Waals surface area contributed by atoms with Crippen molar-refractivity contribution in [3.63, 3.8) is 0 Å². The maximum absolute atomic E-state index is 12.7. The number of esters is 1. The molecule has 0 saturated carbocycles. The van der Waals surface area contributed by atoms with Crippen molar-refractivity contribution < 1.29 is 27.6 Å². The summed E-state index contributed by atoms with van der Waals surface area (Å²) in [4.78, 5) is 22.8. The molecule has 0 amide bonds. The molecule has 11 heteroatoms. The van der Waals surface area contributed by atoms with E-state index in [9.17, 15) is 23.3 Å². The highest BCUT2D eigenvalue weighted by molar-refractivity contribution is 7.89. The first-order valence-corrected chi connectivity index (χ1v) is 10.7. The van der Waals surface area contributed by atoms with Crippen LogP contribution < -0.4 is 4.74 Å². The highest BCUT2D eigenvalue weighted by Gasteiger charge is 2.32. The molecule has 3 rings (SSSR count). The number of benzene rings is 1. The molecule has 1 saturated heterocycles. The molecule has 1 aromatic heterocycles. The minimum atomic E-state index is -3.76. The molecule has 2 aromatic rings. The number of ether oxygens (including phenoxy) is 2. The van der Waals surface area contributed by atoms with Gasteiger partial charge >= 0.3 is 5.97 Å². The van der Waals surface area contributed by atoms with E-state index in [1.165, 1.54) is 41.1 Å². The zero-order valence-electron chi connectivity index (χ0n) is 15.0. The Balaban J connectivity index is 1.79. The molecule has 0 atom stereocenters. The van der Waals surface area contributed by atoms with Crippen LogP contribution in [0.4, 0.5) is 5.69 Å². The van der Waals surface area contributed by atoms with Crippen molar-refractivity contribution in [1.82, 2.24) is 4.31 Å². The van der Waals surface area contributed by atoms with Crippen LogP contribution in [0.3, 0.4) is 0 Å². The maximum atomic E-state index is 12.7. The van der Waals surface area contributed by atoms with Crippen molar-refractivity contribution in [2.45, 2.75) is 24.3 Å². The van der Waals surface area contributed by atoms with Crippen LogP contribution in [0.25, 0.3) is 0 Å². The summed E-state index contributed by atoms with van der Waals surface area (Å²) in [6.07, 6.45) is 1.57. The fourth-order valence-electron chi connectivity index (χ4n) is 2.92. The van der Waals surface area contributed by atoms with Crippen LogP contribution in [0, 0.1) is 10.1 Å². The van der Waals surface area contributed by atoms with Crippen LogP contribution in [0.5, 0.6) is 5.75 Å². The Morgan fingerprint density at radius 1 is 1.29 bits per heavy atom. The lowest BCUT2D eigenvalue weighted by Crippen LogP contribution is -2.28. The van der Waals surface area contributed by atoms with Gasteiger partial charge in [0.15, 0.2) is 0 Å². The first-order chi connectivity index (χ1) is 13.3. The Kier molecular flexibility index (Phi) is 5.96. The molecule has 0 unspecified atom stereocenters. The number of hydrogen-bond acceptors (Lipinski definition) is 8. The number of thiophene rings is 1. The van der Waals surface area contributed by atoms with Gasteiger partial charge in [-0.25, -0.2) is 13.2 Å². The number of nitro benzene ring substituents is 1. The second-order valence-electron chi connectivity index (χ2n) is 6.05. The van der Waals surface area contributed by atoms with E-state index in [1.807, 2.05) is 0 Å². The van der Waals surface area contributed by atoms with Crippen molar-refractivity contribution in [1.29, 1.82) is 0 Å². The van der Waals surface area contributed by atoms with E-state index >= 15 is 0 Å². The number of carbonyl (C=O) groups is 1. The number of rotatable bonds is 7. The fourth-order valence-corrected chi connectivity index (χ4v) is 5.72. The third-order valence-corrected chi connectivity index (χ3v) is 7.30. The zero-order valence-corrected chi connectivity index (χ0v) is 16.6. The molecule has 0 N–H and O–H groups in total. The third-order valence-electron chi connectivity index (χ3n) is 4.33. The SMILES string of the molecule is COc1ccc([N+](=O)[O-])cc1COC(=O)c1sccc1S(=O)(=O)N1CCCC1. The molecule has 0 aliphatic carbocycles. The van der Waals surface area contributed by atoms with E-state index in [-0.39, 0.29) is 22.1 Å². The van der Waals surface area contributed by atoms with Crippen LogP contribution in [0.15, 0.2) is 34.5 Å². The molecule has 1 aliphatic rings.